The van der Waals surface area contributed by atoms with E-state index in [1.165, 1.54) is 6.08 Å². The van der Waals surface area contributed by atoms with E-state index in [1.54, 1.807) is 0 Å². The quantitative estimate of drug-likeness (QED) is 0.901. The Hall–Kier alpha value is -1.34. The molecule has 0 aliphatic carbocycles. The van der Waals surface area contributed by atoms with Crippen LogP contribution in [0.5, 0.6) is 0 Å². The fourth-order valence-corrected chi connectivity index (χ4v) is 3.45. The van der Waals surface area contributed by atoms with Crippen LogP contribution in [0.2, 0.25) is 0 Å². The van der Waals surface area contributed by atoms with Gasteiger partial charge in [0.25, 0.3) is 0 Å². The molecular weight excluding hydrogens is 267 g/mol. The van der Waals surface area contributed by atoms with Gasteiger partial charge in [-0.15, -0.1) is 0 Å². The van der Waals surface area contributed by atoms with E-state index in [1.807, 2.05) is 0 Å². The summed E-state index contributed by atoms with van der Waals surface area (Å²) in [6, 6.07) is 2.61. The van der Waals surface area contributed by atoms with Crippen LogP contribution >= 0.6 is 0 Å². The van der Waals surface area contributed by atoms with Crippen molar-refractivity contribution in [3.05, 3.63) is 34.2 Å². The molecule has 3 nitrogen and oxygen atoms in total. The van der Waals surface area contributed by atoms with E-state index < -0.39 is 21.6 Å². The second-order valence-electron chi connectivity index (χ2n) is 3.90. The highest BCUT2D eigenvalue weighted by molar-refractivity contribution is 7.95. The number of halogens is 3. The Balaban J connectivity index is 2.55. The summed E-state index contributed by atoms with van der Waals surface area (Å²) in [6.45, 7) is 0.130. The molecule has 1 aromatic carbocycles. The highest BCUT2D eigenvalue weighted by Gasteiger charge is 2.34. The van der Waals surface area contributed by atoms with Gasteiger partial charge >= 0.3 is 6.18 Å². The average molecular weight is 277 g/mol. The molecule has 0 unspecified atom stereocenters. The molecule has 1 aliphatic heterocycles. The van der Waals surface area contributed by atoms with Crippen molar-refractivity contribution < 1.29 is 21.6 Å². The molecule has 2 N–H and O–H groups in total. The lowest BCUT2D eigenvalue weighted by molar-refractivity contribution is -0.137. The molecule has 98 valence electrons. The van der Waals surface area contributed by atoms with Gasteiger partial charge in [-0.25, -0.2) is 8.42 Å². The van der Waals surface area contributed by atoms with Gasteiger partial charge < -0.3 is 5.73 Å². The van der Waals surface area contributed by atoms with Gasteiger partial charge in [-0.3, -0.25) is 0 Å². The first-order chi connectivity index (χ1) is 8.26. The third kappa shape index (κ3) is 2.04. The van der Waals surface area contributed by atoms with Gasteiger partial charge in [0.05, 0.1) is 15.4 Å². The third-order valence-corrected chi connectivity index (χ3v) is 4.64. The van der Waals surface area contributed by atoms with Crippen molar-refractivity contribution in [2.24, 2.45) is 5.73 Å². The number of hydrogen-bond acceptors (Lipinski definition) is 3. The summed E-state index contributed by atoms with van der Waals surface area (Å²) in [7, 11) is -3.66. The lowest BCUT2D eigenvalue weighted by atomic mass is 10.1. The normalized spacial score (nSPS) is 17.4. The van der Waals surface area contributed by atoms with Crippen LogP contribution in [0.1, 0.15) is 17.5 Å². The fraction of sp³-hybridized carbons (Fsp3) is 0.273. The molecule has 2 rings (SSSR count). The van der Waals surface area contributed by atoms with E-state index in [0.717, 1.165) is 18.2 Å². The van der Waals surface area contributed by atoms with Crippen LogP contribution in [0.3, 0.4) is 0 Å². The Labute approximate surface area is 102 Å². The molecule has 1 heterocycles. The van der Waals surface area contributed by atoms with Gasteiger partial charge in [-0.1, -0.05) is 0 Å². The Bertz CT molecular complexity index is 618. The Kier molecular flexibility index (Phi) is 2.98. The molecule has 7 heteroatoms. The van der Waals surface area contributed by atoms with E-state index in [-0.39, 0.29) is 28.3 Å². The highest BCUT2D eigenvalue weighted by Crippen LogP contribution is 2.38. The SMILES string of the molecule is NCCC1=Cc2cc(C(F)(F)F)ccc2S1(=O)=O. The number of nitrogens with two attached hydrogens (primary N) is 1. The summed E-state index contributed by atoms with van der Waals surface area (Å²) in [5.41, 5.74) is 4.50. The minimum absolute atomic E-state index is 0.0688. The van der Waals surface area contributed by atoms with Gasteiger partial charge in [0, 0.05) is 0 Å². The molecule has 0 spiro atoms. The van der Waals surface area contributed by atoms with Crippen LogP contribution in [-0.2, 0) is 16.0 Å². The van der Waals surface area contributed by atoms with Gasteiger partial charge in [-0.05, 0) is 42.8 Å². The van der Waals surface area contributed by atoms with Crippen LogP contribution < -0.4 is 5.73 Å². The van der Waals surface area contributed by atoms with E-state index in [0.29, 0.717) is 0 Å². The maximum atomic E-state index is 12.5. The smallest absolute Gasteiger partial charge is 0.330 e. The first kappa shape index (κ1) is 13.1. The minimum atomic E-state index is -4.48. The summed E-state index contributed by atoms with van der Waals surface area (Å²) in [6.07, 6.45) is -3.10. The van der Waals surface area contributed by atoms with Crippen molar-refractivity contribution in [1.82, 2.24) is 0 Å². The van der Waals surface area contributed by atoms with Gasteiger partial charge in [-0.2, -0.15) is 13.2 Å². The maximum absolute atomic E-state index is 12.5. The molecule has 0 atom stereocenters. The predicted molar refractivity (Wildman–Crippen MR) is 60.3 cm³/mol. The molecule has 1 aromatic rings. The lowest BCUT2D eigenvalue weighted by Gasteiger charge is -2.08. The van der Waals surface area contributed by atoms with Gasteiger partial charge in [0.15, 0.2) is 0 Å². The van der Waals surface area contributed by atoms with Crippen molar-refractivity contribution in [3.8, 4) is 0 Å². The molecule has 0 saturated carbocycles. The molecular formula is C11H10F3NO2S. The fourth-order valence-electron chi connectivity index (χ4n) is 1.82. The molecule has 0 bridgehead atoms. The zero-order valence-electron chi connectivity index (χ0n) is 9.16. The molecule has 0 fully saturated rings. The minimum Gasteiger partial charge on any atom is -0.330 e. The standard InChI is InChI=1S/C11H10F3NO2S/c12-11(13,14)8-1-2-10-7(5-8)6-9(3-4-15)18(10,16)17/h1-2,5-6H,3-4,15H2. The van der Waals surface area contributed by atoms with Crippen LogP contribution in [0.15, 0.2) is 28.0 Å². The first-order valence-electron chi connectivity index (χ1n) is 5.14. The van der Waals surface area contributed by atoms with Crippen molar-refractivity contribution in [2.45, 2.75) is 17.5 Å². The topological polar surface area (TPSA) is 60.2 Å². The predicted octanol–water partition coefficient (Wildman–Crippen LogP) is 2.18. The molecule has 0 aromatic heterocycles. The summed E-state index contributed by atoms with van der Waals surface area (Å²) in [5, 5.41) is 0. The van der Waals surface area contributed by atoms with Crippen LogP contribution in [0, 0.1) is 0 Å². The average Bonchev–Trinajstić information content (AvgIpc) is 2.50. The van der Waals surface area contributed by atoms with Crippen molar-refractivity contribution in [2.75, 3.05) is 6.54 Å². The number of sulfone groups is 1. The zero-order valence-corrected chi connectivity index (χ0v) is 9.98. The molecule has 0 radical (unpaired) electrons. The molecule has 0 amide bonds. The van der Waals surface area contributed by atoms with Gasteiger partial charge in [0.1, 0.15) is 0 Å². The van der Waals surface area contributed by atoms with Crippen molar-refractivity contribution in [3.63, 3.8) is 0 Å². The molecule has 0 saturated heterocycles. The summed E-state index contributed by atoms with van der Waals surface area (Å²) >= 11 is 0. The number of hydrogen-bond donors (Lipinski definition) is 1. The monoisotopic (exact) mass is 277 g/mol. The van der Waals surface area contributed by atoms with E-state index in [9.17, 15) is 21.6 Å². The van der Waals surface area contributed by atoms with Crippen LogP contribution in [0.4, 0.5) is 13.2 Å². The van der Waals surface area contributed by atoms with E-state index >= 15 is 0 Å². The highest BCUT2D eigenvalue weighted by atomic mass is 32.2. The largest absolute Gasteiger partial charge is 0.416 e. The van der Waals surface area contributed by atoms with Crippen LogP contribution in [-0.4, -0.2) is 15.0 Å². The number of benzene rings is 1. The number of alkyl halides is 3. The molecule has 18 heavy (non-hydrogen) atoms. The van der Waals surface area contributed by atoms with E-state index in [4.69, 9.17) is 5.73 Å². The first-order valence-corrected chi connectivity index (χ1v) is 6.62. The second-order valence-corrected chi connectivity index (χ2v) is 5.87. The Morgan fingerprint density at radius 2 is 1.89 bits per heavy atom. The molecule has 1 aliphatic rings. The lowest BCUT2D eigenvalue weighted by Crippen LogP contribution is -2.08. The number of fused-ring (bicyclic) bond motifs is 1. The van der Waals surface area contributed by atoms with Gasteiger partial charge in [0.2, 0.25) is 9.84 Å². The zero-order chi connectivity index (χ0) is 13.6. The third-order valence-electron chi connectivity index (χ3n) is 2.68. The summed E-state index contributed by atoms with van der Waals surface area (Å²) in [4.78, 5) is -0.0155. The summed E-state index contributed by atoms with van der Waals surface area (Å²) < 4.78 is 61.4. The van der Waals surface area contributed by atoms with E-state index in [2.05, 4.69) is 0 Å². The summed E-state index contributed by atoms with van der Waals surface area (Å²) in [5.74, 6) is 0. The van der Waals surface area contributed by atoms with Crippen molar-refractivity contribution >= 4 is 15.9 Å². The Morgan fingerprint density at radius 1 is 1.22 bits per heavy atom. The Morgan fingerprint density at radius 3 is 2.44 bits per heavy atom. The van der Waals surface area contributed by atoms with Crippen LogP contribution in [0.25, 0.3) is 6.08 Å². The number of rotatable bonds is 2. The van der Waals surface area contributed by atoms with Crippen molar-refractivity contribution in [1.29, 1.82) is 0 Å². The maximum Gasteiger partial charge on any atom is 0.416 e. The second kappa shape index (κ2) is 4.10.